The van der Waals surface area contributed by atoms with Crippen molar-refractivity contribution in [3.63, 3.8) is 0 Å². The van der Waals surface area contributed by atoms with Gasteiger partial charge in [-0.15, -0.1) is 11.3 Å². The lowest BCUT2D eigenvalue weighted by Gasteiger charge is -2.33. The van der Waals surface area contributed by atoms with Gasteiger partial charge in [0.05, 0.1) is 17.1 Å². The van der Waals surface area contributed by atoms with Crippen LogP contribution in [0.2, 0.25) is 5.02 Å². The van der Waals surface area contributed by atoms with Crippen LogP contribution in [0.1, 0.15) is 5.01 Å². The third kappa shape index (κ3) is 4.90. The van der Waals surface area contributed by atoms with Gasteiger partial charge < -0.3 is 0 Å². The molecule has 1 saturated heterocycles. The molecule has 0 aliphatic carbocycles. The van der Waals surface area contributed by atoms with E-state index in [1.807, 2.05) is 29.6 Å². The number of halogens is 2. The van der Waals surface area contributed by atoms with Gasteiger partial charge in [0.15, 0.2) is 0 Å². The Labute approximate surface area is 188 Å². The molecule has 0 bridgehead atoms. The summed E-state index contributed by atoms with van der Waals surface area (Å²) in [6.45, 7) is 3.06. The van der Waals surface area contributed by atoms with Crippen LogP contribution in [0, 0.1) is 0 Å². The van der Waals surface area contributed by atoms with Crippen LogP contribution < -0.4 is 0 Å². The van der Waals surface area contributed by atoms with Crippen molar-refractivity contribution in [2.75, 3.05) is 26.2 Å². The minimum atomic E-state index is -3.45. The van der Waals surface area contributed by atoms with Crippen molar-refractivity contribution in [3.05, 3.63) is 68.4 Å². The standard InChI is InChI=1S/C20H19BrClN3O2S2/c21-16-3-7-18(8-4-16)29(26,27)25-11-9-24(10-12-25)13-20-23-19(14-28-20)15-1-5-17(22)6-2-15/h1-8,14H,9-13H2. The Kier molecular flexibility index (Phi) is 6.38. The maximum atomic E-state index is 12.8. The summed E-state index contributed by atoms with van der Waals surface area (Å²) in [7, 11) is -3.45. The molecular formula is C20H19BrClN3O2S2. The second-order valence-corrected chi connectivity index (χ2v) is 11.0. The fraction of sp³-hybridized carbons (Fsp3) is 0.250. The number of nitrogens with zero attached hydrogens (tertiary/aromatic N) is 3. The van der Waals surface area contributed by atoms with E-state index in [0.29, 0.717) is 36.1 Å². The first-order chi connectivity index (χ1) is 13.9. The number of hydrogen-bond acceptors (Lipinski definition) is 5. The Balaban J connectivity index is 1.37. The zero-order chi connectivity index (χ0) is 20.4. The summed E-state index contributed by atoms with van der Waals surface area (Å²) in [6.07, 6.45) is 0. The van der Waals surface area contributed by atoms with Crippen LogP contribution in [-0.2, 0) is 16.6 Å². The highest BCUT2D eigenvalue weighted by atomic mass is 79.9. The Morgan fingerprint density at radius 3 is 2.31 bits per heavy atom. The number of aromatic nitrogens is 1. The van der Waals surface area contributed by atoms with E-state index in [9.17, 15) is 8.42 Å². The first-order valence-electron chi connectivity index (χ1n) is 9.10. The van der Waals surface area contributed by atoms with Crippen molar-refractivity contribution in [2.45, 2.75) is 11.4 Å². The van der Waals surface area contributed by atoms with E-state index >= 15 is 0 Å². The second-order valence-electron chi connectivity index (χ2n) is 6.77. The molecule has 0 atom stereocenters. The summed E-state index contributed by atoms with van der Waals surface area (Å²) in [5, 5.41) is 3.78. The summed E-state index contributed by atoms with van der Waals surface area (Å²) in [4.78, 5) is 7.31. The summed E-state index contributed by atoms with van der Waals surface area (Å²) >= 11 is 10.9. The van der Waals surface area contributed by atoms with Gasteiger partial charge in [-0.25, -0.2) is 13.4 Å². The van der Waals surface area contributed by atoms with Crippen LogP contribution in [0.4, 0.5) is 0 Å². The van der Waals surface area contributed by atoms with Crippen LogP contribution in [0.3, 0.4) is 0 Å². The molecule has 2 heterocycles. The van der Waals surface area contributed by atoms with Crippen molar-refractivity contribution in [3.8, 4) is 11.3 Å². The predicted molar refractivity (Wildman–Crippen MR) is 121 cm³/mol. The van der Waals surface area contributed by atoms with Gasteiger partial charge >= 0.3 is 0 Å². The molecule has 29 heavy (non-hydrogen) atoms. The molecule has 0 amide bonds. The van der Waals surface area contributed by atoms with Crippen molar-refractivity contribution < 1.29 is 8.42 Å². The number of thiazole rings is 1. The Morgan fingerprint density at radius 1 is 1.00 bits per heavy atom. The minimum Gasteiger partial charge on any atom is -0.294 e. The van der Waals surface area contributed by atoms with E-state index in [4.69, 9.17) is 16.6 Å². The van der Waals surface area contributed by atoms with Crippen molar-refractivity contribution in [2.24, 2.45) is 0 Å². The zero-order valence-corrected chi connectivity index (χ0v) is 19.4. The van der Waals surface area contributed by atoms with Gasteiger partial charge in [-0.2, -0.15) is 4.31 Å². The van der Waals surface area contributed by atoms with Crippen LogP contribution in [0.25, 0.3) is 11.3 Å². The lowest BCUT2D eigenvalue weighted by molar-refractivity contribution is 0.181. The molecule has 0 saturated carbocycles. The average Bonchev–Trinajstić information content (AvgIpc) is 3.18. The molecule has 0 unspecified atom stereocenters. The van der Waals surface area contributed by atoms with Gasteiger partial charge in [-0.3, -0.25) is 4.90 Å². The van der Waals surface area contributed by atoms with Crippen LogP contribution in [0.15, 0.2) is 63.3 Å². The van der Waals surface area contributed by atoms with Crippen molar-refractivity contribution in [1.29, 1.82) is 0 Å². The quantitative estimate of drug-likeness (QED) is 0.496. The third-order valence-corrected chi connectivity index (χ3v) is 8.36. The first kappa shape index (κ1) is 21.0. The summed E-state index contributed by atoms with van der Waals surface area (Å²) in [5.41, 5.74) is 1.99. The molecular weight excluding hydrogens is 494 g/mol. The lowest BCUT2D eigenvalue weighted by Crippen LogP contribution is -2.48. The monoisotopic (exact) mass is 511 g/mol. The number of benzene rings is 2. The molecule has 1 aliphatic heterocycles. The molecule has 5 nitrogen and oxygen atoms in total. The van der Waals surface area contributed by atoms with Gasteiger partial charge in [0.1, 0.15) is 5.01 Å². The average molecular weight is 513 g/mol. The molecule has 0 radical (unpaired) electrons. The molecule has 0 spiro atoms. The van der Waals surface area contributed by atoms with E-state index in [0.717, 1.165) is 27.3 Å². The lowest BCUT2D eigenvalue weighted by atomic mass is 10.2. The molecule has 2 aromatic carbocycles. The fourth-order valence-electron chi connectivity index (χ4n) is 3.21. The largest absolute Gasteiger partial charge is 0.294 e. The van der Waals surface area contributed by atoms with E-state index in [2.05, 4.69) is 20.8 Å². The Morgan fingerprint density at radius 2 is 1.66 bits per heavy atom. The molecule has 3 aromatic rings. The molecule has 4 rings (SSSR count). The van der Waals surface area contributed by atoms with Crippen LogP contribution in [-0.4, -0.2) is 48.8 Å². The zero-order valence-electron chi connectivity index (χ0n) is 15.5. The number of piperazine rings is 1. The number of sulfonamides is 1. The minimum absolute atomic E-state index is 0.335. The fourth-order valence-corrected chi connectivity index (χ4v) is 5.87. The highest BCUT2D eigenvalue weighted by molar-refractivity contribution is 9.10. The molecule has 1 fully saturated rings. The topological polar surface area (TPSA) is 53.5 Å². The Bertz CT molecular complexity index is 1080. The molecule has 9 heteroatoms. The SMILES string of the molecule is O=S(=O)(c1ccc(Br)cc1)N1CCN(Cc2nc(-c3ccc(Cl)cc3)cs2)CC1. The van der Waals surface area contributed by atoms with Gasteiger partial charge in [0, 0.05) is 46.6 Å². The highest BCUT2D eigenvalue weighted by Gasteiger charge is 2.28. The predicted octanol–water partition coefficient (Wildman–Crippen LogP) is 4.73. The second kappa shape index (κ2) is 8.83. The van der Waals surface area contributed by atoms with Crippen molar-refractivity contribution in [1.82, 2.24) is 14.2 Å². The summed E-state index contributed by atoms with van der Waals surface area (Å²) in [5.74, 6) is 0. The maximum Gasteiger partial charge on any atom is 0.243 e. The highest BCUT2D eigenvalue weighted by Crippen LogP contribution is 2.25. The van der Waals surface area contributed by atoms with Gasteiger partial charge in [0.25, 0.3) is 0 Å². The van der Waals surface area contributed by atoms with Crippen molar-refractivity contribution >= 4 is 48.9 Å². The van der Waals surface area contributed by atoms with Gasteiger partial charge in [0.2, 0.25) is 10.0 Å². The Hall–Kier alpha value is -1.29. The number of hydrogen-bond donors (Lipinski definition) is 0. The van der Waals surface area contributed by atoms with Crippen LogP contribution >= 0.6 is 38.9 Å². The molecule has 1 aromatic heterocycles. The molecule has 1 aliphatic rings. The normalized spacial score (nSPS) is 16.2. The van der Waals surface area contributed by atoms with Gasteiger partial charge in [-0.1, -0.05) is 39.7 Å². The van der Waals surface area contributed by atoms with E-state index in [1.54, 1.807) is 39.9 Å². The van der Waals surface area contributed by atoms with E-state index < -0.39 is 10.0 Å². The maximum absolute atomic E-state index is 12.8. The third-order valence-electron chi connectivity index (χ3n) is 4.83. The first-order valence-corrected chi connectivity index (χ1v) is 12.6. The molecule has 0 N–H and O–H groups in total. The van der Waals surface area contributed by atoms with Crippen LogP contribution in [0.5, 0.6) is 0 Å². The number of rotatable bonds is 5. The van der Waals surface area contributed by atoms with Gasteiger partial charge in [-0.05, 0) is 36.4 Å². The van der Waals surface area contributed by atoms with E-state index in [-0.39, 0.29) is 0 Å². The smallest absolute Gasteiger partial charge is 0.243 e. The summed E-state index contributed by atoms with van der Waals surface area (Å²) in [6, 6.07) is 14.4. The molecule has 152 valence electrons. The summed E-state index contributed by atoms with van der Waals surface area (Å²) < 4.78 is 28.1. The van der Waals surface area contributed by atoms with E-state index in [1.165, 1.54) is 0 Å².